The molecule has 0 saturated heterocycles. The standard InChI is InChI=1S/C11H14N2O3/c1-3-9(11(12)14)10-6-8(13(15)16)5-4-7(10)2/h4-6,9H,3H2,1-2H3,(H2,12,14). The number of primary amides is 1. The van der Waals surface area contributed by atoms with Crippen LogP contribution in [0.4, 0.5) is 5.69 Å². The molecule has 0 aliphatic heterocycles. The van der Waals surface area contributed by atoms with Crippen LogP contribution in [0.15, 0.2) is 18.2 Å². The van der Waals surface area contributed by atoms with E-state index in [1.165, 1.54) is 12.1 Å². The summed E-state index contributed by atoms with van der Waals surface area (Å²) in [6, 6.07) is 4.49. The van der Waals surface area contributed by atoms with Crippen LogP contribution in [0.25, 0.3) is 0 Å². The van der Waals surface area contributed by atoms with Crippen molar-refractivity contribution >= 4 is 11.6 Å². The predicted molar refractivity (Wildman–Crippen MR) is 60.1 cm³/mol. The van der Waals surface area contributed by atoms with Gasteiger partial charge >= 0.3 is 0 Å². The highest BCUT2D eigenvalue weighted by atomic mass is 16.6. The van der Waals surface area contributed by atoms with Crippen molar-refractivity contribution in [2.24, 2.45) is 5.73 Å². The Labute approximate surface area is 93.4 Å². The Kier molecular flexibility index (Phi) is 3.60. The first-order chi connectivity index (χ1) is 7.47. The maximum absolute atomic E-state index is 11.2. The summed E-state index contributed by atoms with van der Waals surface area (Å²) in [6.07, 6.45) is 0.539. The molecule has 0 bridgehead atoms. The Bertz CT molecular complexity index is 429. The first kappa shape index (κ1) is 12.2. The zero-order chi connectivity index (χ0) is 12.3. The van der Waals surface area contributed by atoms with Crippen LogP contribution in [0.1, 0.15) is 30.4 Å². The van der Waals surface area contributed by atoms with Gasteiger partial charge in [-0.05, 0) is 24.5 Å². The summed E-state index contributed by atoms with van der Waals surface area (Å²) in [7, 11) is 0. The van der Waals surface area contributed by atoms with Crippen molar-refractivity contribution in [1.29, 1.82) is 0 Å². The molecule has 0 spiro atoms. The van der Waals surface area contributed by atoms with Crippen LogP contribution in [0.5, 0.6) is 0 Å². The van der Waals surface area contributed by atoms with E-state index in [1.54, 1.807) is 6.07 Å². The Hall–Kier alpha value is -1.91. The number of carbonyl (C=O) groups excluding carboxylic acids is 1. The fraction of sp³-hybridized carbons (Fsp3) is 0.364. The second-order valence-corrected chi connectivity index (χ2v) is 3.66. The molecular formula is C11H14N2O3. The predicted octanol–water partition coefficient (Wildman–Crippen LogP) is 1.88. The maximum atomic E-state index is 11.2. The zero-order valence-electron chi connectivity index (χ0n) is 9.27. The van der Waals surface area contributed by atoms with Gasteiger partial charge in [0.25, 0.3) is 5.69 Å². The van der Waals surface area contributed by atoms with E-state index in [0.717, 1.165) is 5.56 Å². The van der Waals surface area contributed by atoms with Crippen LogP contribution < -0.4 is 5.73 Å². The molecule has 1 aromatic carbocycles. The number of aryl methyl sites for hydroxylation is 1. The summed E-state index contributed by atoms with van der Waals surface area (Å²) in [6.45, 7) is 3.64. The van der Waals surface area contributed by atoms with Crippen molar-refractivity contribution in [1.82, 2.24) is 0 Å². The lowest BCUT2D eigenvalue weighted by Crippen LogP contribution is -2.21. The number of nitro groups is 1. The normalized spacial score (nSPS) is 12.1. The fourth-order valence-corrected chi connectivity index (χ4v) is 1.69. The molecule has 0 aliphatic carbocycles. The third-order valence-electron chi connectivity index (χ3n) is 2.60. The first-order valence-corrected chi connectivity index (χ1v) is 5.01. The lowest BCUT2D eigenvalue weighted by Gasteiger charge is -2.13. The number of benzene rings is 1. The number of amides is 1. The second kappa shape index (κ2) is 4.74. The summed E-state index contributed by atoms with van der Waals surface area (Å²) in [5, 5.41) is 10.6. The molecular weight excluding hydrogens is 208 g/mol. The number of rotatable bonds is 4. The van der Waals surface area contributed by atoms with Gasteiger partial charge in [-0.25, -0.2) is 0 Å². The minimum Gasteiger partial charge on any atom is -0.369 e. The van der Waals surface area contributed by atoms with Crippen molar-refractivity contribution in [3.8, 4) is 0 Å². The monoisotopic (exact) mass is 222 g/mol. The zero-order valence-corrected chi connectivity index (χ0v) is 9.27. The molecule has 5 heteroatoms. The smallest absolute Gasteiger partial charge is 0.269 e. The van der Waals surface area contributed by atoms with Crippen LogP contribution in [-0.4, -0.2) is 10.8 Å². The van der Waals surface area contributed by atoms with Crippen LogP contribution in [0.2, 0.25) is 0 Å². The molecule has 5 nitrogen and oxygen atoms in total. The van der Waals surface area contributed by atoms with E-state index >= 15 is 0 Å². The summed E-state index contributed by atoms with van der Waals surface area (Å²) in [5.41, 5.74) is 6.74. The highest BCUT2D eigenvalue weighted by Crippen LogP contribution is 2.26. The van der Waals surface area contributed by atoms with Crippen molar-refractivity contribution in [2.75, 3.05) is 0 Å². The summed E-state index contributed by atoms with van der Waals surface area (Å²) < 4.78 is 0. The van der Waals surface area contributed by atoms with Gasteiger partial charge in [-0.1, -0.05) is 13.0 Å². The van der Waals surface area contributed by atoms with Gasteiger partial charge in [0, 0.05) is 12.1 Å². The summed E-state index contributed by atoms with van der Waals surface area (Å²) in [4.78, 5) is 21.4. The molecule has 0 fully saturated rings. The fourth-order valence-electron chi connectivity index (χ4n) is 1.69. The number of hydrogen-bond acceptors (Lipinski definition) is 3. The van der Waals surface area contributed by atoms with Gasteiger partial charge in [-0.2, -0.15) is 0 Å². The van der Waals surface area contributed by atoms with E-state index in [9.17, 15) is 14.9 Å². The molecule has 16 heavy (non-hydrogen) atoms. The van der Waals surface area contributed by atoms with Gasteiger partial charge in [-0.3, -0.25) is 14.9 Å². The van der Waals surface area contributed by atoms with Crippen LogP contribution in [-0.2, 0) is 4.79 Å². The van der Waals surface area contributed by atoms with Gasteiger partial charge in [0.2, 0.25) is 5.91 Å². The maximum Gasteiger partial charge on any atom is 0.269 e. The van der Waals surface area contributed by atoms with E-state index in [0.29, 0.717) is 12.0 Å². The van der Waals surface area contributed by atoms with E-state index < -0.39 is 16.7 Å². The average molecular weight is 222 g/mol. The van der Waals surface area contributed by atoms with Crippen LogP contribution in [0.3, 0.4) is 0 Å². The summed E-state index contributed by atoms with van der Waals surface area (Å²) in [5.74, 6) is -0.911. The largest absolute Gasteiger partial charge is 0.369 e. The van der Waals surface area contributed by atoms with Crippen molar-refractivity contribution in [2.45, 2.75) is 26.2 Å². The number of nitrogens with zero attached hydrogens (tertiary/aromatic N) is 1. The molecule has 0 radical (unpaired) electrons. The Balaban J connectivity index is 3.25. The number of non-ortho nitro benzene ring substituents is 1. The third-order valence-corrected chi connectivity index (χ3v) is 2.60. The number of carbonyl (C=O) groups is 1. The number of nitrogens with two attached hydrogens (primary N) is 1. The molecule has 1 unspecified atom stereocenters. The Morgan fingerprint density at radius 1 is 1.56 bits per heavy atom. The Morgan fingerprint density at radius 2 is 2.19 bits per heavy atom. The highest BCUT2D eigenvalue weighted by molar-refractivity contribution is 5.82. The average Bonchev–Trinajstić information content (AvgIpc) is 2.20. The lowest BCUT2D eigenvalue weighted by atomic mass is 9.92. The SMILES string of the molecule is CCC(C(N)=O)c1cc([N+](=O)[O-])ccc1C. The van der Waals surface area contributed by atoms with Gasteiger partial charge in [0.05, 0.1) is 10.8 Å². The molecule has 1 aromatic rings. The van der Waals surface area contributed by atoms with Crippen molar-refractivity contribution < 1.29 is 9.72 Å². The highest BCUT2D eigenvalue weighted by Gasteiger charge is 2.20. The molecule has 0 aliphatic rings. The van der Waals surface area contributed by atoms with Gasteiger partial charge < -0.3 is 5.73 Å². The molecule has 2 N–H and O–H groups in total. The van der Waals surface area contributed by atoms with Gasteiger partial charge in [0.15, 0.2) is 0 Å². The van der Waals surface area contributed by atoms with Crippen LogP contribution in [0, 0.1) is 17.0 Å². The lowest BCUT2D eigenvalue weighted by molar-refractivity contribution is -0.384. The molecule has 1 amide bonds. The van der Waals surface area contributed by atoms with E-state index in [2.05, 4.69) is 0 Å². The van der Waals surface area contributed by atoms with E-state index in [4.69, 9.17) is 5.73 Å². The molecule has 1 rings (SSSR count). The van der Waals surface area contributed by atoms with Crippen molar-refractivity contribution in [3.05, 3.63) is 39.4 Å². The Morgan fingerprint density at radius 3 is 2.62 bits per heavy atom. The molecule has 0 heterocycles. The topological polar surface area (TPSA) is 86.2 Å². The second-order valence-electron chi connectivity index (χ2n) is 3.66. The molecule has 0 aromatic heterocycles. The third kappa shape index (κ3) is 2.36. The van der Waals surface area contributed by atoms with Crippen molar-refractivity contribution in [3.63, 3.8) is 0 Å². The van der Waals surface area contributed by atoms with E-state index in [-0.39, 0.29) is 5.69 Å². The van der Waals surface area contributed by atoms with E-state index in [1.807, 2.05) is 13.8 Å². The number of hydrogen-bond donors (Lipinski definition) is 1. The van der Waals surface area contributed by atoms with Gasteiger partial charge in [0.1, 0.15) is 0 Å². The summed E-state index contributed by atoms with van der Waals surface area (Å²) >= 11 is 0. The number of nitro benzene ring substituents is 1. The molecule has 86 valence electrons. The minimum absolute atomic E-state index is 0.0136. The van der Waals surface area contributed by atoms with Crippen LogP contribution >= 0.6 is 0 Å². The quantitative estimate of drug-likeness (QED) is 0.623. The first-order valence-electron chi connectivity index (χ1n) is 5.01. The van der Waals surface area contributed by atoms with Gasteiger partial charge in [-0.15, -0.1) is 0 Å². The molecule has 1 atom stereocenters. The molecule has 0 saturated carbocycles. The minimum atomic E-state index is -0.476.